The van der Waals surface area contributed by atoms with E-state index in [2.05, 4.69) is 37.2 Å². The topological polar surface area (TPSA) is 86.8 Å². The summed E-state index contributed by atoms with van der Waals surface area (Å²) in [7, 11) is -4.10. The van der Waals surface area contributed by atoms with Crippen molar-refractivity contribution in [2.24, 2.45) is 0 Å². The van der Waals surface area contributed by atoms with Gasteiger partial charge in [0.15, 0.2) is 0 Å². The molecule has 0 radical (unpaired) electrons. The summed E-state index contributed by atoms with van der Waals surface area (Å²) in [6, 6.07) is 19.8. The van der Waals surface area contributed by atoms with Crippen LogP contribution in [0.2, 0.25) is 0 Å². The Hall–Kier alpha value is -2.69. The number of carbonyl (C=O) groups is 2. The van der Waals surface area contributed by atoms with E-state index < -0.39 is 34.1 Å². The molecule has 0 saturated carbocycles. The molecule has 208 valence electrons. The summed E-state index contributed by atoms with van der Waals surface area (Å²) in [5, 5.41) is 2.92. The first-order valence-corrected chi connectivity index (χ1v) is 15.4. The van der Waals surface area contributed by atoms with Crippen molar-refractivity contribution in [2.75, 3.05) is 10.8 Å². The standard InChI is InChI=1S/C29H33Br2N3O4S/c1-20-6-16-26(17-7-20)39(37,38)34(25-14-12-24(31)13-15-25)19-27(35)33(18-22-8-10-23(30)11-9-22)21(2)28(36)32-29(3,4)5/h6-17,21H,18-19H2,1-5H3,(H,32,36)/t21-/m0/s1. The van der Waals surface area contributed by atoms with Gasteiger partial charge in [-0.2, -0.15) is 0 Å². The molecule has 39 heavy (non-hydrogen) atoms. The highest BCUT2D eigenvalue weighted by Gasteiger charge is 2.33. The molecule has 0 bridgehead atoms. The van der Waals surface area contributed by atoms with Gasteiger partial charge in [0.25, 0.3) is 10.0 Å². The van der Waals surface area contributed by atoms with Gasteiger partial charge in [-0.05, 0) is 88.7 Å². The molecule has 0 fully saturated rings. The minimum absolute atomic E-state index is 0.0711. The lowest BCUT2D eigenvalue weighted by Gasteiger charge is -2.33. The van der Waals surface area contributed by atoms with Crippen molar-refractivity contribution < 1.29 is 18.0 Å². The number of benzene rings is 3. The molecule has 0 aliphatic carbocycles. The SMILES string of the molecule is Cc1ccc(S(=O)(=O)N(CC(=O)N(Cc2ccc(Br)cc2)[C@@H](C)C(=O)NC(C)(C)C)c2ccc(Br)cc2)cc1. The lowest BCUT2D eigenvalue weighted by atomic mass is 10.1. The van der Waals surface area contributed by atoms with E-state index in [-0.39, 0.29) is 17.3 Å². The molecular formula is C29H33Br2N3O4S. The van der Waals surface area contributed by atoms with Crippen molar-refractivity contribution >= 4 is 59.4 Å². The maximum atomic E-state index is 13.9. The molecule has 0 spiro atoms. The average Bonchev–Trinajstić information content (AvgIpc) is 2.86. The van der Waals surface area contributed by atoms with Crippen LogP contribution in [0.4, 0.5) is 5.69 Å². The largest absolute Gasteiger partial charge is 0.350 e. The number of anilines is 1. The zero-order valence-corrected chi connectivity index (χ0v) is 26.6. The number of hydrogen-bond donors (Lipinski definition) is 1. The van der Waals surface area contributed by atoms with Crippen LogP contribution < -0.4 is 9.62 Å². The number of sulfonamides is 1. The summed E-state index contributed by atoms with van der Waals surface area (Å²) in [5.74, 6) is -0.836. The van der Waals surface area contributed by atoms with Gasteiger partial charge in [0, 0.05) is 21.0 Å². The second kappa shape index (κ2) is 12.7. The molecule has 3 rings (SSSR count). The van der Waals surface area contributed by atoms with E-state index in [1.54, 1.807) is 43.3 Å². The van der Waals surface area contributed by atoms with Crippen LogP contribution in [-0.2, 0) is 26.2 Å². The number of hydrogen-bond acceptors (Lipinski definition) is 4. The van der Waals surface area contributed by atoms with Gasteiger partial charge in [-0.15, -0.1) is 0 Å². The molecule has 2 amide bonds. The summed E-state index contributed by atoms with van der Waals surface area (Å²) in [5.41, 5.74) is 1.55. The molecular weight excluding hydrogens is 646 g/mol. The third-order valence-corrected chi connectivity index (χ3v) is 8.78. The summed E-state index contributed by atoms with van der Waals surface area (Å²) >= 11 is 6.80. The highest BCUT2D eigenvalue weighted by Crippen LogP contribution is 2.26. The molecule has 0 aliphatic rings. The van der Waals surface area contributed by atoms with Crippen LogP contribution in [0.3, 0.4) is 0 Å². The minimum Gasteiger partial charge on any atom is -0.350 e. The van der Waals surface area contributed by atoms with Gasteiger partial charge in [0.2, 0.25) is 11.8 Å². The second-order valence-corrected chi connectivity index (χ2v) is 14.1. The van der Waals surface area contributed by atoms with Gasteiger partial charge >= 0.3 is 0 Å². The van der Waals surface area contributed by atoms with Gasteiger partial charge in [-0.25, -0.2) is 8.42 Å². The number of amides is 2. The molecule has 0 aliphatic heterocycles. The van der Waals surface area contributed by atoms with E-state index in [1.807, 2.05) is 52.0 Å². The fraction of sp³-hybridized carbons (Fsp3) is 0.310. The summed E-state index contributed by atoms with van der Waals surface area (Å²) in [6.07, 6.45) is 0. The first kappa shape index (κ1) is 30.8. The third kappa shape index (κ3) is 8.40. The Morgan fingerprint density at radius 1 is 0.872 bits per heavy atom. The van der Waals surface area contributed by atoms with E-state index in [0.29, 0.717) is 5.69 Å². The second-order valence-electron chi connectivity index (χ2n) is 10.4. The molecule has 0 saturated heterocycles. The lowest BCUT2D eigenvalue weighted by molar-refractivity contribution is -0.140. The van der Waals surface area contributed by atoms with Crippen LogP contribution >= 0.6 is 31.9 Å². The van der Waals surface area contributed by atoms with Gasteiger partial charge in [0.05, 0.1) is 10.6 Å². The Morgan fingerprint density at radius 2 is 1.38 bits per heavy atom. The number of nitrogens with one attached hydrogen (secondary N) is 1. The number of halogens is 2. The molecule has 3 aromatic carbocycles. The average molecular weight is 679 g/mol. The van der Waals surface area contributed by atoms with Gasteiger partial charge in [0.1, 0.15) is 12.6 Å². The molecule has 1 N–H and O–H groups in total. The van der Waals surface area contributed by atoms with E-state index in [4.69, 9.17) is 0 Å². The van der Waals surface area contributed by atoms with Crippen LogP contribution in [-0.4, -0.2) is 43.3 Å². The van der Waals surface area contributed by atoms with Gasteiger partial charge in [-0.3, -0.25) is 13.9 Å². The van der Waals surface area contributed by atoms with Crippen molar-refractivity contribution in [1.29, 1.82) is 0 Å². The van der Waals surface area contributed by atoms with E-state index in [1.165, 1.54) is 17.0 Å². The van der Waals surface area contributed by atoms with Gasteiger partial charge in [-0.1, -0.05) is 61.7 Å². The lowest BCUT2D eigenvalue weighted by Crippen LogP contribution is -2.54. The normalized spacial score (nSPS) is 12.5. The van der Waals surface area contributed by atoms with Crippen LogP contribution in [0.25, 0.3) is 0 Å². The number of rotatable bonds is 9. The third-order valence-electron chi connectivity index (χ3n) is 5.93. The van der Waals surface area contributed by atoms with Crippen molar-refractivity contribution in [3.63, 3.8) is 0 Å². The van der Waals surface area contributed by atoms with Gasteiger partial charge < -0.3 is 10.2 Å². The Kier molecular flexibility index (Phi) is 10.0. The van der Waals surface area contributed by atoms with Crippen LogP contribution in [0.5, 0.6) is 0 Å². The zero-order valence-electron chi connectivity index (χ0n) is 22.6. The predicted octanol–water partition coefficient (Wildman–Crippen LogP) is 6.05. The van der Waals surface area contributed by atoms with Crippen molar-refractivity contribution in [1.82, 2.24) is 10.2 Å². The van der Waals surface area contributed by atoms with E-state index in [0.717, 1.165) is 24.4 Å². The molecule has 1 atom stereocenters. The first-order valence-electron chi connectivity index (χ1n) is 12.4. The van der Waals surface area contributed by atoms with E-state index >= 15 is 0 Å². The quantitative estimate of drug-likeness (QED) is 0.299. The number of aryl methyl sites for hydroxylation is 1. The summed E-state index contributed by atoms with van der Waals surface area (Å²) in [6.45, 7) is 8.75. The zero-order chi connectivity index (χ0) is 29.0. The van der Waals surface area contributed by atoms with Crippen molar-refractivity contribution in [3.05, 3.63) is 92.9 Å². The highest BCUT2D eigenvalue weighted by molar-refractivity contribution is 9.10. The smallest absolute Gasteiger partial charge is 0.264 e. The number of nitrogens with zero attached hydrogens (tertiary/aromatic N) is 2. The Bertz CT molecular complexity index is 1400. The Labute approximate surface area is 247 Å². The fourth-order valence-electron chi connectivity index (χ4n) is 3.82. The predicted molar refractivity (Wildman–Crippen MR) is 162 cm³/mol. The molecule has 0 aromatic heterocycles. The Balaban J connectivity index is 2.02. The maximum Gasteiger partial charge on any atom is 0.264 e. The molecule has 10 heteroatoms. The van der Waals surface area contributed by atoms with Crippen molar-refractivity contribution in [2.45, 2.75) is 57.6 Å². The first-order chi connectivity index (χ1) is 18.2. The fourth-order valence-corrected chi connectivity index (χ4v) is 5.76. The van der Waals surface area contributed by atoms with Crippen LogP contribution in [0.1, 0.15) is 38.8 Å². The monoisotopic (exact) mass is 677 g/mol. The van der Waals surface area contributed by atoms with E-state index in [9.17, 15) is 18.0 Å². The maximum absolute atomic E-state index is 13.9. The van der Waals surface area contributed by atoms with Crippen LogP contribution in [0, 0.1) is 6.92 Å². The molecule has 7 nitrogen and oxygen atoms in total. The number of carbonyl (C=O) groups excluding carboxylic acids is 2. The minimum atomic E-state index is -4.10. The van der Waals surface area contributed by atoms with Crippen LogP contribution in [0.15, 0.2) is 86.6 Å². The molecule has 3 aromatic rings. The summed E-state index contributed by atoms with van der Waals surface area (Å²) in [4.78, 5) is 28.6. The Morgan fingerprint density at radius 3 is 1.90 bits per heavy atom. The highest BCUT2D eigenvalue weighted by atomic mass is 79.9. The molecule has 0 unspecified atom stereocenters. The van der Waals surface area contributed by atoms with Crippen molar-refractivity contribution in [3.8, 4) is 0 Å². The summed E-state index contributed by atoms with van der Waals surface area (Å²) < 4.78 is 30.4. The molecule has 0 heterocycles.